The number of aromatic nitrogens is 3. The molecule has 90 valence electrons. The number of nitrogens with zero attached hydrogens (tertiary/aromatic N) is 2. The van der Waals surface area contributed by atoms with Gasteiger partial charge in [0.25, 0.3) is 0 Å². The van der Waals surface area contributed by atoms with Crippen LogP contribution in [-0.4, -0.2) is 23.6 Å². The molecule has 7 nitrogen and oxygen atoms in total. The van der Waals surface area contributed by atoms with E-state index in [1.165, 1.54) is 18.3 Å². The van der Waals surface area contributed by atoms with Crippen LogP contribution < -0.4 is 9.88 Å². The van der Waals surface area contributed by atoms with Crippen LogP contribution in [0, 0.1) is 6.92 Å². The molecule has 17 heavy (non-hydrogen) atoms. The summed E-state index contributed by atoms with van der Waals surface area (Å²) in [6.45, 7) is 1.79. The van der Waals surface area contributed by atoms with Crippen LogP contribution in [0.3, 0.4) is 0 Å². The van der Waals surface area contributed by atoms with Crippen molar-refractivity contribution >= 4 is 10.0 Å². The molecule has 2 aromatic rings. The molecule has 0 amide bonds. The topological polar surface area (TPSA) is 111 Å². The highest BCUT2D eigenvalue weighted by molar-refractivity contribution is 7.89. The maximum absolute atomic E-state index is 11.3. The van der Waals surface area contributed by atoms with E-state index < -0.39 is 10.0 Å². The molecule has 0 atom stereocenters. The molecule has 2 heterocycles. The summed E-state index contributed by atoms with van der Waals surface area (Å²) in [4.78, 5) is 3.63. The predicted molar refractivity (Wildman–Crippen MR) is 59.0 cm³/mol. The summed E-state index contributed by atoms with van der Waals surface area (Å²) in [7, 11) is -3.87. The minimum Gasteiger partial charge on any atom is -0.418 e. The van der Waals surface area contributed by atoms with Gasteiger partial charge in [-0.1, -0.05) is 0 Å². The lowest BCUT2D eigenvalue weighted by Crippen LogP contribution is -2.13. The smallest absolute Gasteiger partial charge is 0.243 e. The van der Waals surface area contributed by atoms with Crippen molar-refractivity contribution in [1.82, 2.24) is 15.2 Å². The molecule has 0 aromatic carbocycles. The molecule has 0 aliphatic rings. The normalized spacial score (nSPS) is 11.4. The van der Waals surface area contributed by atoms with E-state index in [2.05, 4.69) is 15.2 Å². The zero-order valence-corrected chi connectivity index (χ0v) is 9.73. The summed E-state index contributed by atoms with van der Waals surface area (Å²) in [5, 5.41) is 11.5. The first-order chi connectivity index (χ1) is 7.97. The zero-order valence-electron chi connectivity index (χ0n) is 8.91. The van der Waals surface area contributed by atoms with Crippen LogP contribution in [0.1, 0.15) is 5.69 Å². The fourth-order valence-electron chi connectivity index (χ4n) is 1.21. The van der Waals surface area contributed by atoms with E-state index >= 15 is 0 Å². The molecular formula is C9H10N4O3S. The summed E-state index contributed by atoms with van der Waals surface area (Å²) < 4.78 is 27.8. The highest BCUT2D eigenvalue weighted by atomic mass is 32.2. The number of ether oxygens (including phenoxy) is 1. The Labute approximate surface area is 97.7 Å². The summed E-state index contributed by atoms with van der Waals surface area (Å²) in [6, 6.07) is 4.39. The number of nitrogens with two attached hydrogens (primary N) is 1. The second kappa shape index (κ2) is 4.15. The Morgan fingerprint density at radius 2 is 2.24 bits per heavy atom. The first-order valence-electron chi connectivity index (χ1n) is 4.64. The van der Waals surface area contributed by atoms with Crippen molar-refractivity contribution in [2.45, 2.75) is 11.8 Å². The fourth-order valence-corrected chi connectivity index (χ4v) is 1.82. The van der Waals surface area contributed by atoms with Gasteiger partial charge in [-0.05, 0) is 19.1 Å². The second-order valence-electron chi connectivity index (χ2n) is 3.34. The van der Waals surface area contributed by atoms with Crippen LogP contribution in [0.15, 0.2) is 29.3 Å². The molecule has 3 N–H and O–H groups in total. The van der Waals surface area contributed by atoms with Gasteiger partial charge in [0, 0.05) is 18.0 Å². The summed E-state index contributed by atoms with van der Waals surface area (Å²) in [5.41, 5.74) is 0.785. The molecule has 0 aliphatic carbocycles. The Kier molecular flexibility index (Phi) is 2.82. The minimum absolute atomic E-state index is 0.0958. The maximum atomic E-state index is 11.3. The van der Waals surface area contributed by atoms with Crippen molar-refractivity contribution in [2.24, 2.45) is 5.14 Å². The number of primary sulfonamides is 1. The standard InChI is InChI=1S/C9H10N4O3S/c1-6-5-8(13-12-6)16-9-7(17(10,14)15)3-2-4-11-9/h2-5H,1H3,(H,12,13)(H2,10,14,15). The SMILES string of the molecule is Cc1cc(Oc2ncccc2S(N)(=O)=O)n[nH]1. The molecule has 0 saturated heterocycles. The third kappa shape index (κ3) is 2.60. The van der Waals surface area contributed by atoms with Crippen LogP contribution in [0.25, 0.3) is 0 Å². The van der Waals surface area contributed by atoms with Crippen LogP contribution in [0.5, 0.6) is 11.8 Å². The predicted octanol–water partition coefficient (Wildman–Crippen LogP) is 0.553. The van der Waals surface area contributed by atoms with E-state index in [1.807, 2.05) is 0 Å². The number of rotatable bonds is 3. The van der Waals surface area contributed by atoms with Crippen molar-refractivity contribution in [3.05, 3.63) is 30.1 Å². The highest BCUT2D eigenvalue weighted by Crippen LogP contribution is 2.24. The van der Waals surface area contributed by atoms with E-state index in [0.717, 1.165) is 5.69 Å². The number of pyridine rings is 1. The first kappa shape index (κ1) is 11.6. The number of aryl methyl sites for hydroxylation is 1. The van der Waals surface area contributed by atoms with E-state index in [9.17, 15) is 8.42 Å². The van der Waals surface area contributed by atoms with Crippen LogP contribution >= 0.6 is 0 Å². The van der Waals surface area contributed by atoms with Gasteiger partial charge in [-0.2, -0.15) is 0 Å². The number of hydrogen-bond acceptors (Lipinski definition) is 5. The Balaban J connectivity index is 2.40. The fraction of sp³-hybridized carbons (Fsp3) is 0.111. The van der Waals surface area contributed by atoms with Gasteiger partial charge in [0.2, 0.25) is 21.8 Å². The van der Waals surface area contributed by atoms with Gasteiger partial charge in [-0.3, -0.25) is 5.10 Å². The Bertz CT molecular complexity index is 635. The average Bonchev–Trinajstić information content (AvgIpc) is 2.63. The first-order valence-corrected chi connectivity index (χ1v) is 6.19. The minimum atomic E-state index is -3.87. The van der Waals surface area contributed by atoms with Crippen LogP contribution in [-0.2, 0) is 10.0 Å². The number of aromatic amines is 1. The molecule has 0 bridgehead atoms. The monoisotopic (exact) mass is 254 g/mol. The molecule has 0 radical (unpaired) electrons. The summed E-state index contributed by atoms with van der Waals surface area (Å²) >= 11 is 0. The van der Waals surface area contributed by atoms with E-state index in [-0.39, 0.29) is 16.7 Å². The van der Waals surface area contributed by atoms with Crippen molar-refractivity contribution in [3.8, 4) is 11.8 Å². The molecule has 0 spiro atoms. The van der Waals surface area contributed by atoms with Crippen molar-refractivity contribution in [2.75, 3.05) is 0 Å². The van der Waals surface area contributed by atoms with Crippen LogP contribution in [0.4, 0.5) is 0 Å². The van der Waals surface area contributed by atoms with Gasteiger partial charge in [-0.15, -0.1) is 5.10 Å². The molecule has 0 unspecified atom stereocenters. The Morgan fingerprint density at radius 3 is 2.82 bits per heavy atom. The van der Waals surface area contributed by atoms with Crippen LogP contribution in [0.2, 0.25) is 0 Å². The van der Waals surface area contributed by atoms with Crippen molar-refractivity contribution in [1.29, 1.82) is 0 Å². The van der Waals surface area contributed by atoms with Crippen molar-refractivity contribution in [3.63, 3.8) is 0 Å². The quantitative estimate of drug-likeness (QED) is 0.831. The van der Waals surface area contributed by atoms with E-state index in [4.69, 9.17) is 9.88 Å². The molecule has 2 aromatic heterocycles. The largest absolute Gasteiger partial charge is 0.418 e. The zero-order chi connectivity index (χ0) is 12.5. The third-order valence-electron chi connectivity index (χ3n) is 1.93. The van der Waals surface area contributed by atoms with Gasteiger partial charge in [0.15, 0.2) is 0 Å². The number of sulfonamides is 1. The van der Waals surface area contributed by atoms with E-state index in [1.54, 1.807) is 13.0 Å². The molecule has 8 heteroatoms. The lowest BCUT2D eigenvalue weighted by Gasteiger charge is -2.05. The average molecular weight is 254 g/mol. The number of hydrogen-bond donors (Lipinski definition) is 2. The van der Waals surface area contributed by atoms with Gasteiger partial charge in [-0.25, -0.2) is 18.5 Å². The summed E-state index contributed by atoms with van der Waals surface area (Å²) in [5.74, 6) is 0.132. The van der Waals surface area contributed by atoms with Gasteiger partial charge >= 0.3 is 0 Å². The second-order valence-corrected chi connectivity index (χ2v) is 4.87. The van der Waals surface area contributed by atoms with Gasteiger partial charge in [0.1, 0.15) is 4.90 Å². The number of nitrogens with one attached hydrogen (secondary N) is 1. The third-order valence-corrected chi connectivity index (χ3v) is 2.85. The molecule has 2 rings (SSSR count). The molecule has 0 aliphatic heterocycles. The molecule has 0 saturated carbocycles. The summed E-state index contributed by atoms with van der Waals surface area (Å²) in [6.07, 6.45) is 1.41. The molecule has 0 fully saturated rings. The number of H-pyrrole nitrogens is 1. The lowest BCUT2D eigenvalue weighted by molar-refractivity contribution is 0.429. The van der Waals surface area contributed by atoms with E-state index in [0.29, 0.717) is 0 Å². The van der Waals surface area contributed by atoms with Gasteiger partial charge < -0.3 is 4.74 Å². The molecular weight excluding hydrogens is 244 g/mol. The van der Waals surface area contributed by atoms with Crippen molar-refractivity contribution < 1.29 is 13.2 Å². The Hall–Kier alpha value is -1.93. The van der Waals surface area contributed by atoms with Gasteiger partial charge in [0.05, 0.1) is 0 Å². The maximum Gasteiger partial charge on any atom is 0.243 e. The Morgan fingerprint density at radius 1 is 1.47 bits per heavy atom. The lowest BCUT2D eigenvalue weighted by atomic mass is 10.5. The highest BCUT2D eigenvalue weighted by Gasteiger charge is 2.17.